The van der Waals surface area contributed by atoms with Gasteiger partial charge in [-0.3, -0.25) is 0 Å². The SMILES string of the molecule is CNC(Cc1ccccc1)C12CC3CC(CC(C3)C1)C2. The van der Waals surface area contributed by atoms with Gasteiger partial charge in [-0.15, -0.1) is 0 Å². The maximum atomic E-state index is 3.71. The van der Waals surface area contributed by atoms with Crippen LogP contribution in [-0.2, 0) is 6.42 Å². The van der Waals surface area contributed by atoms with E-state index in [-0.39, 0.29) is 0 Å². The molecule has 0 spiro atoms. The third kappa shape index (κ3) is 2.11. The second-order valence-electron chi connectivity index (χ2n) is 7.81. The molecule has 4 bridgehead atoms. The average molecular weight is 269 g/mol. The number of nitrogens with one attached hydrogen (secondary N) is 1. The fraction of sp³-hybridized carbons (Fsp3) is 0.684. The molecule has 1 heteroatoms. The van der Waals surface area contributed by atoms with Crippen molar-refractivity contribution in [3.8, 4) is 0 Å². The highest BCUT2D eigenvalue weighted by Gasteiger charge is 2.53. The molecule has 1 N–H and O–H groups in total. The van der Waals surface area contributed by atoms with Crippen LogP contribution in [0.4, 0.5) is 0 Å². The van der Waals surface area contributed by atoms with Gasteiger partial charge in [0, 0.05) is 6.04 Å². The van der Waals surface area contributed by atoms with Crippen LogP contribution in [0.15, 0.2) is 30.3 Å². The lowest BCUT2D eigenvalue weighted by Crippen LogP contribution is -2.56. The van der Waals surface area contributed by atoms with E-state index >= 15 is 0 Å². The maximum absolute atomic E-state index is 3.71. The van der Waals surface area contributed by atoms with Gasteiger partial charge in [-0.25, -0.2) is 0 Å². The highest BCUT2D eigenvalue weighted by molar-refractivity contribution is 5.18. The average Bonchev–Trinajstić information content (AvgIpc) is 2.44. The van der Waals surface area contributed by atoms with Crippen LogP contribution >= 0.6 is 0 Å². The minimum absolute atomic E-state index is 0.610. The summed E-state index contributed by atoms with van der Waals surface area (Å²) in [6.07, 6.45) is 10.3. The predicted octanol–water partition coefficient (Wildman–Crippen LogP) is 4.03. The standard InChI is InChI=1S/C19H27N/c1-20-18(10-14-5-3-2-4-6-14)19-11-15-7-16(12-19)9-17(8-15)13-19/h2-6,15-18,20H,7-13H2,1H3. The number of hydrogen-bond acceptors (Lipinski definition) is 1. The van der Waals surface area contributed by atoms with Gasteiger partial charge in [0.15, 0.2) is 0 Å². The smallest absolute Gasteiger partial charge is 0.0161 e. The highest BCUT2D eigenvalue weighted by atomic mass is 14.9. The molecule has 1 nitrogen and oxygen atoms in total. The minimum Gasteiger partial charge on any atom is -0.316 e. The molecule has 1 unspecified atom stereocenters. The van der Waals surface area contributed by atoms with Crippen LogP contribution in [0.3, 0.4) is 0 Å². The monoisotopic (exact) mass is 269 g/mol. The minimum atomic E-state index is 0.610. The van der Waals surface area contributed by atoms with E-state index in [2.05, 4.69) is 42.7 Å². The Morgan fingerprint density at radius 3 is 2.05 bits per heavy atom. The first-order valence-corrected chi connectivity index (χ1v) is 8.48. The Kier molecular flexibility index (Phi) is 3.14. The molecule has 5 rings (SSSR count). The van der Waals surface area contributed by atoms with E-state index in [1.807, 2.05) is 0 Å². The van der Waals surface area contributed by atoms with E-state index in [4.69, 9.17) is 0 Å². The van der Waals surface area contributed by atoms with Crippen LogP contribution < -0.4 is 5.32 Å². The van der Waals surface area contributed by atoms with Crippen molar-refractivity contribution in [2.45, 2.75) is 51.0 Å². The molecule has 4 fully saturated rings. The summed E-state index contributed by atoms with van der Waals surface area (Å²) in [5.41, 5.74) is 2.11. The Labute approximate surface area is 123 Å². The molecule has 1 aromatic carbocycles. The fourth-order valence-electron chi connectivity index (χ4n) is 6.08. The van der Waals surface area contributed by atoms with E-state index < -0.39 is 0 Å². The molecule has 0 saturated heterocycles. The molecule has 108 valence electrons. The lowest BCUT2D eigenvalue weighted by molar-refractivity contribution is -0.0724. The highest BCUT2D eigenvalue weighted by Crippen LogP contribution is 2.61. The van der Waals surface area contributed by atoms with Gasteiger partial charge in [-0.05, 0) is 80.7 Å². The van der Waals surface area contributed by atoms with E-state index in [0.717, 1.165) is 17.8 Å². The number of benzene rings is 1. The van der Waals surface area contributed by atoms with Crippen LogP contribution in [0.25, 0.3) is 0 Å². The zero-order chi connectivity index (χ0) is 13.6. The summed E-state index contributed by atoms with van der Waals surface area (Å²) in [7, 11) is 2.19. The maximum Gasteiger partial charge on any atom is 0.0161 e. The zero-order valence-corrected chi connectivity index (χ0v) is 12.6. The Hall–Kier alpha value is -0.820. The number of rotatable bonds is 4. The molecule has 4 aliphatic rings. The normalized spacial score (nSPS) is 40.0. The Balaban J connectivity index is 1.58. The van der Waals surface area contributed by atoms with E-state index in [0.29, 0.717) is 11.5 Å². The third-order valence-corrected chi connectivity index (χ3v) is 6.46. The van der Waals surface area contributed by atoms with Crippen molar-refractivity contribution in [2.75, 3.05) is 7.05 Å². The van der Waals surface area contributed by atoms with Crippen LogP contribution in [0.1, 0.15) is 44.1 Å². The topological polar surface area (TPSA) is 12.0 Å². The fourth-order valence-corrected chi connectivity index (χ4v) is 6.08. The molecule has 4 saturated carbocycles. The summed E-state index contributed by atoms with van der Waals surface area (Å²) in [5, 5.41) is 3.71. The summed E-state index contributed by atoms with van der Waals surface area (Å²) < 4.78 is 0. The van der Waals surface area contributed by atoms with Gasteiger partial charge >= 0.3 is 0 Å². The van der Waals surface area contributed by atoms with Gasteiger partial charge in [-0.2, -0.15) is 0 Å². The Morgan fingerprint density at radius 2 is 1.55 bits per heavy atom. The molecule has 1 aromatic rings. The Bertz CT molecular complexity index is 429. The van der Waals surface area contributed by atoms with Gasteiger partial charge < -0.3 is 5.32 Å². The number of hydrogen-bond donors (Lipinski definition) is 1. The first-order valence-electron chi connectivity index (χ1n) is 8.48. The molecule has 0 heterocycles. The molecule has 4 aliphatic carbocycles. The molecular formula is C19H27N. The van der Waals surface area contributed by atoms with E-state index in [9.17, 15) is 0 Å². The van der Waals surface area contributed by atoms with Crippen LogP contribution in [0, 0.1) is 23.2 Å². The largest absolute Gasteiger partial charge is 0.316 e. The quantitative estimate of drug-likeness (QED) is 0.870. The molecule has 0 amide bonds. The summed E-state index contributed by atoms with van der Waals surface area (Å²) in [4.78, 5) is 0. The summed E-state index contributed by atoms with van der Waals surface area (Å²) in [6, 6.07) is 11.8. The van der Waals surface area contributed by atoms with Gasteiger partial charge in [-0.1, -0.05) is 30.3 Å². The van der Waals surface area contributed by atoms with E-state index in [1.54, 1.807) is 19.3 Å². The molecular weight excluding hydrogens is 242 g/mol. The lowest BCUT2D eigenvalue weighted by atomic mass is 9.47. The van der Waals surface area contributed by atoms with Crippen molar-refractivity contribution in [1.29, 1.82) is 0 Å². The van der Waals surface area contributed by atoms with Gasteiger partial charge in [0.1, 0.15) is 0 Å². The second kappa shape index (κ2) is 4.87. The molecule has 0 aliphatic heterocycles. The van der Waals surface area contributed by atoms with Crippen LogP contribution in [0.2, 0.25) is 0 Å². The summed E-state index contributed by atoms with van der Waals surface area (Å²) in [5.74, 6) is 3.15. The zero-order valence-electron chi connectivity index (χ0n) is 12.6. The second-order valence-corrected chi connectivity index (χ2v) is 7.81. The van der Waals surface area contributed by atoms with Gasteiger partial charge in [0.2, 0.25) is 0 Å². The molecule has 0 radical (unpaired) electrons. The van der Waals surface area contributed by atoms with Crippen molar-refractivity contribution >= 4 is 0 Å². The van der Waals surface area contributed by atoms with Gasteiger partial charge in [0.25, 0.3) is 0 Å². The van der Waals surface area contributed by atoms with Crippen molar-refractivity contribution in [1.82, 2.24) is 5.32 Å². The van der Waals surface area contributed by atoms with Crippen LogP contribution in [-0.4, -0.2) is 13.1 Å². The Morgan fingerprint density at radius 1 is 1.00 bits per heavy atom. The summed E-state index contributed by atoms with van der Waals surface area (Å²) in [6.45, 7) is 0. The van der Waals surface area contributed by atoms with Crippen molar-refractivity contribution in [3.05, 3.63) is 35.9 Å². The molecule has 1 atom stereocenters. The first-order chi connectivity index (χ1) is 9.77. The predicted molar refractivity (Wildman–Crippen MR) is 83.6 cm³/mol. The summed E-state index contributed by atoms with van der Waals surface area (Å²) >= 11 is 0. The van der Waals surface area contributed by atoms with Gasteiger partial charge in [0.05, 0.1) is 0 Å². The number of likely N-dealkylation sites (N-methyl/N-ethyl adjacent to an activating group) is 1. The van der Waals surface area contributed by atoms with Crippen LogP contribution in [0.5, 0.6) is 0 Å². The van der Waals surface area contributed by atoms with Crippen molar-refractivity contribution < 1.29 is 0 Å². The van der Waals surface area contributed by atoms with Crippen molar-refractivity contribution in [3.63, 3.8) is 0 Å². The van der Waals surface area contributed by atoms with Crippen molar-refractivity contribution in [2.24, 2.45) is 23.2 Å². The lowest BCUT2D eigenvalue weighted by Gasteiger charge is -2.59. The molecule has 20 heavy (non-hydrogen) atoms. The van der Waals surface area contributed by atoms with E-state index in [1.165, 1.54) is 31.2 Å². The molecule has 0 aromatic heterocycles. The third-order valence-electron chi connectivity index (χ3n) is 6.46. The first kappa shape index (κ1) is 12.9.